The van der Waals surface area contributed by atoms with Crippen molar-refractivity contribution in [3.63, 3.8) is 0 Å². The average molecular weight is 392 g/mol. The number of nitrogens with zero attached hydrogens (tertiary/aromatic N) is 1. The third kappa shape index (κ3) is 6.15. The molecule has 1 aromatic heterocycles. The summed E-state index contributed by atoms with van der Waals surface area (Å²) >= 11 is 7.50. The summed E-state index contributed by atoms with van der Waals surface area (Å²) < 4.78 is 0. The number of halogens is 1. The van der Waals surface area contributed by atoms with Crippen molar-refractivity contribution in [1.29, 1.82) is 5.26 Å². The fourth-order valence-electron chi connectivity index (χ4n) is 2.34. The lowest BCUT2D eigenvalue weighted by Gasteiger charge is -2.17. The molecule has 2 amide bonds. The van der Waals surface area contributed by atoms with E-state index < -0.39 is 0 Å². The van der Waals surface area contributed by atoms with Crippen LogP contribution in [0.15, 0.2) is 35.7 Å². The Morgan fingerprint density at radius 1 is 1.27 bits per heavy atom. The maximum atomic E-state index is 12.3. The zero-order valence-electron chi connectivity index (χ0n) is 14.3. The van der Waals surface area contributed by atoms with E-state index in [1.54, 1.807) is 23.5 Å². The van der Waals surface area contributed by atoms with E-state index in [0.29, 0.717) is 29.4 Å². The quantitative estimate of drug-likeness (QED) is 0.636. The maximum Gasteiger partial charge on any atom is 0.279 e. The summed E-state index contributed by atoms with van der Waals surface area (Å²) in [4.78, 5) is 26.3. The zero-order chi connectivity index (χ0) is 18.9. The van der Waals surface area contributed by atoms with Gasteiger partial charge in [-0.1, -0.05) is 17.7 Å². The smallest absolute Gasteiger partial charge is 0.279 e. The molecule has 1 unspecified atom stereocenters. The highest BCUT2D eigenvalue weighted by atomic mass is 35.5. The van der Waals surface area contributed by atoms with Gasteiger partial charge >= 0.3 is 0 Å². The normalized spacial score (nSPS) is 11.4. The molecule has 2 rings (SSSR count). The van der Waals surface area contributed by atoms with Gasteiger partial charge in [0, 0.05) is 9.90 Å². The van der Waals surface area contributed by atoms with Crippen molar-refractivity contribution in [3.05, 3.63) is 51.2 Å². The van der Waals surface area contributed by atoms with Crippen molar-refractivity contribution in [2.24, 2.45) is 0 Å². The van der Waals surface area contributed by atoms with Gasteiger partial charge in [0.15, 0.2) is 13.1 Å². The molecule has 1 atom stereocenters. The standard InChI is InChI=1S/C18H19ClN4O2S/c1-2-23(11-17(24)21-10-15-4-3-7-26-15)12-18(25)22-16-8-14(19)6-5-13(16)9-20/h3-8H,2,10-12H2,1H3,(H,21,24)(H,22,25)/p+1. The van der Waals surface area contributed by atoms with Gasteiger partial charge in [-0.25, -0.2) is 0 Å². The van der Waals surface area contributed by atoms with Crippen molar-refractivity contribution >= 4 is 40.4 Å². The van der Waals surface area contributed by atoms with Gasteiger partial charge in [-0.05, 0) is 36.6 Å². The minimum Gasteiger partial charge on any atom is -0.346 e. The Balaban J connectivity index is 1.86. The predicted octanol–water partition coefficient (Wildman–Crippen LogP) is 1.43. The van der Waals surface area contributed by atoms with Gasteiger partial charge in [-0.15, -0.1) is 11.3 Å². The molecule has 6 nitrogen and oxygen atoms in total. The second-order valence-electron chi connectivity index (χ2n) is 5.66. The molecular weight excluding hydrogens is 372 g/mol. The van der Waals surface area contributed by atoms with Crippen LogP contribution in [-0.4, -0.2) is 31.4 Å². The number of carbonyl (C=O) groups excluding carboxylic acids is 2. The van der Waals surface area contributed by atoms with Gasteiger partial charge in [0.25, 0.3) is 11.8 Å². The number of hydrogen-bond donors (Lipinski definition) is 3. The lowest BCUT2D eigenvalue weighted by atomic mass is 10.2. The SMILES string of the molecule is CC[NH+](CC(=O)NCc1cccs1)CC(=O)Nc1cc(Cl)ccc1C#N. The molecule has 2 aromatic rings. The Bertz CT molecular complexity index is 802. The number of benzene rings is 1. The van der Waals surface area contributed by atoms with Crippen LogP contribution in [-0.2, 0) is 16.1 Å². The molecule has 26 heavy (non-hydrogen) atoms. The van der Waals surface area contributed by atoms with E-state index in [0.717, 1.165) is 9.78 Å². The number of nitriles is 1. The Hall–Kier alpha value is -2.40. The lowest BCUT2D eigenvalue weighted by Crippen LogP contribution is -3.14. The fraction of sp³-hybridized carbons (Fsp3) is 0.278. The highest BCUT2D eigenvalue weighted by Crippen LogP contribution is 2.20. The molecule has 1 heterocycles. The molecule has 0 radical (unpaired) electrons. The topological polar surface area (TPSA) is 86.4 Å². The van der Waals surface area contributed by atoms with Crippen LogP contribution in [0.4, 0.5) is 5.69 Å². The number of hydrogen-bond acceptors (Lipinski definition) is 4. The molecule has 0 fully saturated rings. The Morgan fingerprint density at radius 2 is 2.04 bits per heavy atom. The molecule has 0 aliphatic rings. The first kappa shape index (κ1) is 19.9. The first-order chi connectivity index (χ1) is 12.5. The molecular formula is C18H20ClN4O2S+. The Morgan fingerprint density at radius 3 is 2.69 bits per heavy atom. The summed E-state index contributed by atoms with van der Waals surface area (Å²) in [6.45, 7) is 3.36. The molecule has 1 aromatic carbocycles. The minimum atomic E-state index is -0.272. The molecule has 8 heteroatoms. The largest absolute Gasteiger partial charge is 0.346 e. The second kappa shape index (κ2) is 9.92. The van der Waals surface area contributed by atoms with Crippen molar-refractivity contribution in [2.45, 2.75) is 13.5 Å². The number of thiophene rings is 1. The summed E-state index contributed by atoms with van der Waals surface area (Å²) in [5.74, 6) is -0.379. The summed E-state index contributed by atoms with van der Waals surface area (Å²) in [6.07, 6.45) is 0. The fourth-order valence-corrected chi connectivity index (χ4v) is 3.16. The maximum absolute atomic E-state index is 12.3. The van der Waals surface area contributed by atoms with E-state index in [4.69, 9.17) is 16.9 Å². The predicted molar refractivity (Wildman–Crippen MR) is 102 cm³/mol. The van der Waals surface area contributed by atoms with Crippen LogP contribution in [0.25, 0.3) is 0 Å². The molecule has 0 aliphatic carbocycles. The summed E-state index contributed by atoms with van der Waals surface area (Å²) in [5, 5.41) is 17.1. The first-order valence-corrected chi connectivity index (χ1v) is 9.39. The van der Waals surface area contributed by atoms with E-state index in [-0.39, 0.29) is 24.9 Å². The van der Waals surface area contributed by atoms with Crippen LogP contribution in [0.2, 0.25) is 5.02 Å². The van der Waals surface area contributed by atoms with Crippen molar-refractivity contribution in [3.8, 4) is 6.07 Å². The highest BCUT2D eigenvalue weighted by molar-refractivity contribution is 7.09. The zero-order valence-corrected chi connectivity index (χ0v) is 15.9. The van der Waals surface area contributed by atoms with Gasteiger partial charge in [0.05, 0.1) is 24.3 Å². The van der Waals surface area contributed by atoms with Gasteiger partial charge in [0.1, 0.15) is 6.07 Å². The van der Waals surface area contributed by atoms with E-state index in [1.165, 1.54) is 6.07 Å². The molecule has 0 bridgehead atoms. The number of quaternary nitrogens is 1. The lowest BCUT2D eigenvalue weighted by molar-refractivity contribution is -0.881. The summed E-state index contributed by atoms with van der Waals surface area (Å²) in [7, 11) is 0. The van der Waals surface area contributed by atoms with E-state index in [1.807, 2.05) is 30.5 Å². The Labute approximate surface area is 161 Å². The van der Waals surface area contributed by atoms with Gasteiger partial charge < -0.3 is 15.5 Å². The average Bonchev–Trinajstić information content (AvgIpc) is 3.13. The number of nitrogens with one attached hydrogen (secondary N) is 3. The minimum absolute atomic E-state index is 0.108. The number of amides is 2. The first-order valence-electron chi connectivity index (χ1n) is 8.14. The molecule has 0 saturated heterocycles. The number of rotatable bonds is 8. The number of likely N-dealkylation sites (N-methyl/N-ethyl adjacent to an activating group) is 1. The van der Waals surface area contributed by atoms with Crippen LogP contribution in [0, 0.1) is 11.3 Å². The number of carbonyl (C=O) groups is 2. The van der Waals surface area contributed by atoms with Gasteiger partial charge in [-0.3, -0.25) is 9.59 Å². The third-order valence-electron chi connectivity index (χ3n) is 3.74. The second-order valence-corrected chi connectivity index (χ2v) is 7.13. The van der Waals surface area contributed by atoms with E-state index in [2.05, 4.69) is 10.6 Å². The molecule has 0 saturated carbocycles. The van der Waals surface area contributed by atoms with Crippen LogP contribution in [0.3, 0.4) is 0 Å². The molecule has 0 aliphatic heterocycles. The monoisotopic (exact) mass is 391 g/mol. The van der Waals surface area contributed by atoms with E-state index in [9.17, 15) is 9.59 Å². The third-order valence-corrected chi connectivity index (χ3v) is 4.85. The van der Waals surface area contributed by atoms with Crippen LogP contribution < -0.4 is 15.5 Å². The van der Waals surface area contributed by atoms with Gasteiger partial charge in [0.2, 0.25) is 0 Å². The van der Waals surface area contributed by atoms with E-state index >= 15 is 0 Å². The summed E-state index contributed by atoms with van der Waals surface area (Å²) in [5.41, 5.74) is 0.720. The number of anilines is 1. The van der Waals surface area contributed by atoms with Crippen molar-refractivity contribution < 1.29 is 14.5 Å². The molecule has 3 N–H and O–H groups in total. The van der Waals surface area contributed by atoms with Crippen molar-refractivity contribution in [2.75, 3.05) is 25.0 Å². The van der Waals surface area contributed by atoms with Crippen molar-refractivity contribution in [1.82, 2.24) is 5.32 Å². The van der Waals surface area contributed by atoms with Gasteiger partial charge in [-0.2, -0.15) is 5.26 Å². The summed E-state index contributed by atoms with van der Waals surface area (Å²) in [6, 6.07) is 10.6. The van der Waals surface area contributed by atoms with Crippen LogP contribution >= 0.6 is 22.9 Å². The molecule has 136 valence electrons. The Kier molecular flexibility index (Phi) is 7.60. The van der Waals surface area contributed by atoms with Crippen LogP contribution in [0.5, 0.6) is 0 Å². The van der Waals surface area contributed by atoms with Crippen LogP contribution in [0.1, 0.15) is 17.4 Å². The molecule has 0 spiro atoms. The highest BCUT2D eigenvalue weighted by Gasteiger charge is 2.17.